The van der Waals surface area contributed by atoms with Crippen LogP contribution in [0.4, 0.5) is 0 Å². The number of carbonyl (C=O) groups excluding carboxylic acids is 1. The van der Waals surface area contributed by atoms with Crippen LogP contribution < -0.4 is 26.6 Å². The van der Waals surface area contributed by atoms with Gasteiger partial charge in [-0.3, -0.25) is 0 Å². The molecule has 1 heterocycles. The maximum atomic E-state index is 12.3. The standard InChI is InChI=1S/C24H24IN2O4S/c1-3-4-13-25-19-11-9-16(10-12-19)22-21(28)20(14-32-22)15(2)26-27-23(29)17-5-7-18(8-6-17)24(30)31/h5-12,14,28H,3-4,13H2,1-2H3,(H,27,29)(H,30,31)/q-1/b26-15+. The molecular formula is C24H24IN2O4S-. The Morgan fingerprint density at radius 2 is 1.72 bits per heavy atom. The van der Waals surface area contributed by atoms with Crippen molar-refractivity contribution in [3.05, 3.63) is 74.2 Å². The molecule has 1 aromatic heterocycles. The number of alkyl halides is 1. The van der Waals surface area contributed by atoms with Crippen molar-refractivity contribution in [3.63, 3.8) is 0 Å². The van der Waals surface area contributed by atoms with E-state index in [1.165, 1.54) is 56.4 Å². The van der Waals surface area contributed by atoms with E-state index in [0.717, 1.165) is 10.4 Å². The summed E-state index contributed by atoms with van der Waals surface area (Å²) in [6.07, 6.45) is 2.49. The monoisotopic (exact) mass is 563 g/mol. The molecule has 0 spiro atoms. The van der Waals surface area contributed by atoms with Gasteiger partial charge in [-0.1, -0.05) is 0 Å². The molecular weight excluding hydrogens is 539 g/mol. The van der Waals surface area contributed by atoms with Gasteiger partial charge >= 0.3 is 162 Å². The zero-order valence-electron chi connectivity index (χ0n) is 17.8. The third-order valence-corrected chi connectivity index (χ3v) is 8.64. The van der Waals surface area contributed by atoms with Gasteiger partial charge in [-0.15, -0.1) is 0 Å². The molecule has 3 N–H and O–H groups in total. The molecule has 168 valence electrons. The number of aromatic carboxylic acids is 1. The summed E-state index contributed by atoms with van der Waals surface area (Å²) >= 11 is 1.47. The molecule has 0 aliphatic rings. The zero-order valence-corrected chi connectivity index (χ0v) is 20.7. The molecule has 3 rings (SSSR count). The van der Waals surface area contributed by atoms with Crippen molar-refractivity contribution in [2.75, 3.05) is 4.43 Å². The fourth-order valence-electron chi connectivity index (χ4n) is 2.84. The van der Waals surface area contributed by atoms with Crippen molar-refractivity contribution in [3.8, 4) is 16.2 Å². The van der Waals surface area contributed by atoms with Gasteiger partial charge in [-0.05, 0) is 24.3 Å². The first kappa shape index (κ1) is 23.9. The summed E-state index contributed by atoms with van der Waals surface area (Å²) in [5.74, 6) is -1.37. The number of aromatic hydroxyl groups is 1. The first-order valence-electron chi connectivity index (χ1n) is 10.1. The summed E-state index contributed by atoms with van der Waals surface area (Å²) in [7, 11) is 0. The Kier molecular flexibility index (Phi) is 8.40. The molecule has 0 aliphatic heterocycles. The number of hydrogen-bond acceptors (Lipinski definition) is 5. The van der Waals surface area contributed by atoms with Crippen molar-refractivity contribution in [1.29, 1.82) is 0 Å². The number of carbonyl (C=O) groups is 2. The molecule has 1 amide bonds. The second-order valence-electron chi connectivity index (χ2n) is 7.03. The van der Waals surface area contributed by atoms with Crippen LogP contribution in [0.15, 0.2) is 59.0 Å². The molecule has 0 aliphatic carbocycles. The number of nitrogens with zero attached hydrogens (tertiary/aromatic N) is 1. The summed E-state index contributed by atoms with van der Waals surface area (Å²) in [6, 6.07) is 14.0. The third kappa shape index (κ3) is 5.95. The van der Waals surface area contributed by atoms with Gasteiger partial charge in [0.05, 0.1) is 5.56 Å². The Morgan fingerprint density at radius 3 is 2.34 bits per heavy atom. The second-order valence-corrected chi connectivity index (χ2v) is 11.0. The number of nitrogens with one attached hydrogen (secondary N) is 1. The Bertz CT molecular complexity index is 1120. The maximum absolute atomic E-state index is 12.3. The summed E-state index contributed by atoms with van der Waals surface area (Å²) in [4.78, 5) is 24.0. The second kappa shape index (κ2) is 11.2. The van der Waals surface area contributed by atoms with Gasteiger partial charge in [-0.2, -0.15) is 0 Å². The van der Waals surface area contributed by atoms with E-state index in [0.29, 0.717) is 16.8 Å². The Hall–Kier alpha value is -2.72. The van der Waals surface area contributed by atoms with Crippen LogP contribution in [0.25, 0.3) is 10.4 Å². The van der Waals surface area contributed by atoms with E-state index in [4.69, 9.17) is 5.11 Å². The van der Waals surface area contributed by atoms with Crippen molar-refractivity contribution >= 4 is 28.9 Å². The number of halogens is 1. The number of unbranched alkanes of at least 4 members (excludes halogenated alkanes) is 1. The molecule has 0 unspecified atom stereocenters. The molecule has 0 saturated carbocycles. The van der Waals surface area contributed by atoms with E-state index >= 15 is 0 Å². The third-order valence-electron chi connectivity index (χ3n) is 4.72. The molecule has 0 atom stereocenters. The van der Waals surface area contributed by atoms with Gasteiger partial charge in [-0.25, -0.2) is 4.79 Å². The average Bonchev–Trinajstić information content (AvgIpc) is 3.19. The molecule has 2 aromatic carbocycles. The predicted octanol–water partition coefficient (Wildman–Crippen LogP) is 2.03. The minimum absolute atomic E-state index is 0.0402. The van der Waals surface area contributed by atoms with E-state index in [2.05, 4.69) is 29.6 Å². The Morgan fingerprint density at radius 1 is 1.06 bits per heavy atom. The number of hydrazone groups is 1. The quantitative estimate of drug-likeness (QED) is 0.122. The number of benzene rings is 2. The van der Waals surface area contributed by atoms with Gasteiger partial charge in [0.15, 0.2) is 0 Å². The number of rotatable bonds is 9. The number of hydrogen-bond donors (Lipinski definition) is 3. The number of thiophene rings is 1. The molecule has 32 heavy (non-hydrogen) atoms. The van der Waals surface area contributed by atoms with Gasteiger partial charge in [0.1, 0.15) is 0 Å². The van der Waals surface area contributed by atoms with Crippen molar-refractivity contribution in [1.82, 2.24) is 5.43 Å². The molecule has 0 saturated heterocycles. The van der Waals surface area contributed by atoms with Crippen LogP contribution in [0.5, 0.6) is 5.75 Å². The fourth-order valence-corrected chi connectivity index (χ4v) is 6.48. The van der Waals surface area contributed by atoms with E-state index in [9.17, 15) is 14.7 Å². The number of carboxylic acid groups (broad SMARTS) is 1. The van der Waals surface area contributed by atoms with E-state index in [-0.39, 0.29) is 32.5 Å². The van der Waals surface area contributed by atoms with Crippen LogP contribution in [-0.2, 0) is 0 Å². The zero-order chi connectivity index (χ0) is 23.1. The van der Waals surface area contributed by atoms with Crippen molar-refractivity contribution in [2.24, 2.45) is 5.10 Å². The number of carboxylic acids is 1. The molecule has 6 nitrogen and oxygen atoms in total. The van der Waals surface area contributed by atoms with Gasteiger partial charge < -0.3 is 5.11 Å². The van der Waals surface area contributed by atoms with E-state index in [1.54, 1.807) is 6.92 Å². The van der Waals surface area contributed by atoms with Gasteiger partial charge in [0, 0.05) is 0 Å². The molecule has 0 fully saturated rings. The van der Waals surface area contributed by atoms with Crippen LogP contribution in [0.1, 0.15) is 53.0 Å². The summed E-state index contributed by atoms with van der Waals surface area (Å²) < 4.78 is 2.68. The van der Waals surface area contributed by atoms with Gasteiger partial charge in [0.25, 0.3) is 0 Å². The summed E-state index contributed by atoms with van der Waals surface area (Å²) in [6.45, 7) is 3.92. The van der Waals surface area contributed by atoms with Crippen molar-refractivity contribution < 1.29 is 41.0 Å². The molecule has 0 radical (unpaired) electrons. The minimum atomic E-state index is -1.05. The Labute approximate surface area is 201 Å². The van der Waals surface area contributed by atoms with Gasteiger partial charge in [0.2, 0.25) is 0 Å². The Balaban J connectivity index is 1.68. The summed E-state index contributed by atoms with van der Waals surface area (Å²) in [5, 5.41) is 25.6. The summed E-state index contributed by atoms with van der Waals surface area (Å²) in [5.41, 5.74) is 4.84. The SMILES string of the molecule is CCCC[I-]c1ccc(-c2scc(/C(C)=N/NC(=O)c3ccc(C(=O)O)cc3)c2O)cc1. The van der Waals surface area contributed by atoms with Crippen LogP contribution in [0.2, 0.25) is 0 Å². The normalized spacial score (nSPS) is 11.5. The first-order valence-corrected chi connectivity index (χ1v) is 13.6. The molecule has 0 bridgehead atoms. The van der Waals surface area contributed by atoms with E-state index in [1.807, 2.05) is 17.5 Å². The average molecular weight is 563 g/mol. The predicted molar refractivity (Wildman–Crippen MR) is 123 cm³/mol. The number of amides is 1. The van der Waals surface area contributed by atoms with Crippen LogP contribution in [-0.4, -0.2) is 32.2 Å². The van der Waals surface area contributed by atoms with Crippen LogP contribution in [0, 0.1) is 3.57 Å². The van der Waals surface area contributed by atoms with Crippen molar-refractivity contribution in [2.45, 2.75) is 26.7 Å². The van der Waals surface area contributed by atoms with E-state index < -0.39 is 11.9 Å². The first-order chi connectivity index (χ1) is 15.4. The van der Waals surface area contributed by atoms with Crippen LogP contribution >= 0.6 is 11.3 Å². The topological polar surface area (TPSA) is 99.0 Å². The van der Waals surface area contributed by atoms with Crippen LogP contribution in [0.3, 0.4) is 0 Å². The molecule has 8 heteroatoms. The fraction of sp³-hybridized carbons (Fsp3) is 0.208. The molecule has 3 aromatic rings.